The minimum absolute atomic E-state index is 0.115. The number of ether oxygens (including phenoxy) is 1. The van der Waals surface area contributed by atoms with E-state index < -0.39 is 0 Å². The van der Waals surface area contributed by atoms with Crippen LogP contribution < -0.4 is 10.2 Å². The topological polar surface area (TPSA) is 68.4 Å². The Hall–Kier alpha value is -1.68. The molecule has 28 heavy (non-hydrogen) atoms. The van der Waals surface area contributed by atoms with E-state index in [-0.39, 0.29) is 37.0 Å². The molecule has 3 fully saturated rings. The van der Waals surface area contributed by atoms with E-state index in [0.29, 0.717) is 13.2 Å². The number of carbonyl (C=O) groups is 2. The average Bonchev–Trinajstić information content (AvgIpc) is 3.09. The third kappa shape index (κ3) is 3.30. The first-order valence-electron chi connectivity index (χ1n) is 9.73. The summed E-state index contributed by atoms with van der Waals surface area (Å²) in [6.07, 6.45) is 0.516. The minimum Gasteiger partial charge on any atom is -0.380 e. The number of amides is 3. The zero-order chi connectivity index (χ0) is 19.8. The number of fused-ring (bicyclic) bond motifs is 3. The summed E-state index contributed by atoms with van der Waals surface area (Å²) >= 11 is 3.48. The van der Waals surface area contributed by atoms with Gasteiger partial charge in [-0.3, -0.25) is 19.9 Å². The molecule has 1 aromatic rings. The normalized spacial score (nSPS) is 28.0. The van der Waals surface area contributed by atoms with Crippen molar-refractivity contribution in [3.63, 3.8) is 0 Å². The zero-order valence-corrected chi connectivity index (χ0v) is 17.8. The van der Waals surface area contributed by atoms with Gasteiger partial charge in [0, 0.05) is 36.9 Å². The molecule has 3 aliphatic heterocycles. The maximum Gasteiger partial charge on any atom is 0.327 e. The predicted molar refractivity (Wildman–Crippen MR) is 109 cm³/mol. The van der Waals surface area contributed by atoms with Crippen molar-refractivity contribution in [2.45, 2.75) is 31.8 Å². The highest BCUT2D eigenvalue weighted by atomic mass is 79.9. The molecule has 8 nitrogen and oxygen atoms in total. The van der Waals surface area contributed by atoms with Gasteiger partial charge in [0.05, 0.1) is 13.2 Å². The lowest BCUT2D eigenvalue weighted by Crippen LogP contribution is -2.66. The molecule has 152 valence electrons. The summed E-state index contributed by atoms with van der Waals surface area (Å²) in [6, 6.07) is 7.53. The zero-order valence-electron chi connectivity index (χ0n) is 16.2. The molecule has 0 spiro atoms. The molecular formula is C19H26BrN5O3. The summed E-state index contributed by atoms with van der Waals surface area (Å²) in [4.78, 5) is 33.4. The van der Waals surface area contributed by atoms with Gasteiger partial charge in [0.15, 0.2) is 0 Å². The van der Waals surface area contributed by atoms with Crippen LogP contribution in [0.2, 0.25) is 0 Å². The van der Waals surface area contributed by atoms with Crippen LogP contribution in [0.5, 0.6) is 0 Å². The van der Waals surface area contributed by atoms with Gasteiger partial charge in [-0.15, -0.1) is 0 Å². The van der Waals surface area contributed by atoms with Crippen LogP contribution in [-0.4, -0.2) is 85.0 Å². The third-order valence-corrected chi connectivity index (χ3v) is 6.22. The molecule has 0 bridgehead atoms. The van der Waals surface area contributed by atoms with Gasteiger partial charge in [0.1, 0.15) is 18.5 Å². The van der Waals surface area contributed by atoms with E-state index in [1.54, 1.807) is 11.9 Å². The molecule has 1 N–H and O–H groups in total. The monoisotopic (exact) mass is 451 g/mol. The van der Waals surface area contributed by atoms with Crippen molar-refractivity contribution in [2.24, 2.45) is 0 Å². The number of hydrogen-bond acceptors (Lipinski definition) is 6. The summed E-state index contributed by atoms with van der Waals surface area (Å²) in [6.45, 7) is 4.83. The third-order valence-electron chi connectivity index (χ3n) is 5.69. The second-order valence-corrected chi connectivity index (χ2v) is 8.19. The molecule has 3 amide bonds. The number of imide groups is 1. The number of nitrogens with one attached hydrogen (secondary N) is 1. The molecular weight excluding hydrogens is 426 g/mol. The molecule has 1 aromatic carbocycles. The molecule has 0 aliphatic carbocycles. The summed E-state index contributed by atoms with van der Waals surface area (Å²) < 4.78 is 6.40. The Bertz CT molecular complexity index is 746. The predicted octanol–water partition coefficient (Wildman–Crippen LogP) is 1.47. The van der Waals surface area contributed by atoms with Gasteiger partial charge in [-0.1, -0.05) is 15.9 Å². The highest BCUT2D eigenvalue weighted by molar-refractivity contribution is 9.10. The fraction of sp³-hybridized carbons (Fsp3) is 0.579. The van der Waals surface area contributed by atoms with Crippen LogP contribution in [0, 0.1) is 0 Å². The highest BCUT2D eigenvalue weighted by Crippen LogP contribution is 2.33. The van der Waals surface area contributed by atoms with Crippen LogP contribution in [0.3, 0.4) is 0 Å². The van der Waals surface area contributed by atoms with Crippen LogP contribution in [0.4, 0.5) is 10.5 Å². The number of hydrogen-bond donors (Lipinski definition) is 1. The van der Waals surface area contributed by atoms with E-state index in [1.807, 2.05) is 19.1 Å². The van der Waals surface area contributed by atoms with Crippen molar-refractivity contribution in [2.75, 3.05) is 44.8 Å². The van der Waals surface area contributed by atoms with Crippen LogP contribution >= 0.6 is 15.9 Å². The number of urea groups is 1. The second-order valence-electron chi connectivity index (χ2n) is 7.27. The number of halogens is 1. The standard InChI is InChI=1S/C19H26BrN5O3/c1-3-28-12-11-25-17(26)15-16(22(2)19(25)27)21-18-23(9-4-10-24(15)18)14-7-5-13(20)6-8-14/h5-8,15-16,18,21H,3-4,9-12H2,1-2H3. The molecule has 3 aliphatic rings. The van der Waals surface area contributed by atoms with Crippen LogP contribution in [0.15, 0.2) is 28.7 Å². The number of likely N-dealkylation sites (N-methyl/N-ethyl adjacent to an activating group) is 1. The molecule has 0 radical (unpaired) electrons. The van der Waals surface area contributed by atoms with Crippen molar-refractivity contribution >= 4 is 33.6 Å². The first kappa shape index (κ1) is 19.6. The maximum atomic E-state index is 13.2. The summed E-state index contributed by atoms with van der Waals surface area (Å²) in [5.74, 6) is -0.138. The van der Waals surface area contributed by atoms with Crippen molar-refractivity contribution in [1.82, 2.24) is 20.0 Å². The maximum absolute atomic E-state index is 13.2. The Balaban J connectivity index is 1.58. The minimum atomic E-state index is -0.382. The van der Waals surface area contributed by atoms with Crippen LogP contribution in [0.1, 0.15) is 13.3 Å². The summed E-state index contributed by atoms with van der Waals surface area (Å²) in [5.41, 5.74) is 1.10. The summed E-state index contributed by atoms with van der Waals surface area (Å²) in [5, 5.41) is 3.52. The smallest absolute Gasteiger partial charge is 0.327 e. The summed E-state index contributed by atoms with van der Waals surface area (Å²) in [7, 11) is 1.76. The quantitative estimate of drug-likeness (QED) is 0.683. The van der Waals surface area contributed by atoms with Crippen molar-refractivity contribution < 1.29 is 14.3 Å². The van der Waals surface area contributed by atoms with E-state index in [0.717, 1.165) is 29.7 Å². The Kier molecular flexibility index (Phi) is 5.59. The highest BCUT2D eigenvalue weighted by Gasteiger charge is 2.55. The van der Waals surface area contributed by atoms with Crippen molar-refractivity contribution in [3.8, 4) is 0 Å². The number of anilines is 1. The second kappa shape index (κ2) is 7.98. The van der Waals surface area contributed by atoms with Gasteiger partial charge in [-0.2, -0.15) is 0 Å². The first-order valence-corrected chi connectivity index (χ1v) is 10.5. The van der Waals surface area contributed by atoms with Crippen molar-refractivity contribution in [3.05, 3.63) is 28.7 Å². The van der Waals surface area contributed by atoms with Gasteiger partial charge in [-0.25, -0.2) is 4.79 Å². The molecule has 3 atom stereocenters. The van der Waals surface area contributed by atoms with E-state index in [1.165, 1.54) is 4.90 Å². The van der Waals surface area contributed by atoms with Gasteiger partial charge in [-0.05, 0) is 37.6 Å². The molecule has 3 unspecified atom stereocenters. The lowest BCUT2D eigenvalue weighted by atomic mass is 10.1. The van der Waals surface area contributed by atoms with Gasteiger partial charge < -0.3 is 14.5 Å². The number of nitrogens with zero attached hydrogens (tertiary/aromatic N) is 4. The Morgan fingerprint density at radius 1 is 1.21 bits per heavy atom. The number of benzene rings is 1. The van der Waals surface area contributed by atoms with Crippen LogP contribution in [-0.2, 0) is 9.53 Å². The lowest BCUT2D eigenvalue weighted by molar-refractivity contribution is -0.139. The molecule has 0 aromatic heterocycles. The Morgan fingerprint density at radius 2 is 1.96 bits per heavy atom. The lowest BCUT2D eigenvalue weighted by Gasteiger charge is -2.43. The Labute approximate surface area is 173 Å². The van der Waals surface area contributed by atoms with E-state index in [2.05, 4.69) is 43.2 Å². The fourth-order valence-electron chi connectivity index (χ4n) is 4.32. The fourth-order valence-corrected chi connectivity index (χ4v) is 4.59. The molecule has 0 saturated carbocycles. The molecule has 9 heteroatoms. The average molecular weight is 452 g/mol. The van der Waals surface area contributed by atoms with Crippen LogP contribution in [0.25, 0.3) is 0 Å². The molecule has 4 rings (SSSR count). The van der Waals surface area contributed by atoms with Gasteiger partial charge in [0.2, 0.25) is 0 Å². The molecule has 3 heterocycles. The SMILES string of the molecule is CCOCCN1C(=O)C2C(NC3N(c4ccc(Br)cc4)CCCN23)N(C)C1=O. The van der Waals surface area contributed by atoms with Gasteiger partial charge in [0.25, 0.3) is 5.91 Å². The van der Waals surface area contributed by atoms with E-state index in [9.17, 15) is 9.59 Å². The van der Waals surface area contributed by atoms with E-state index in [4.69, 9.17) is 4.74 Å². The largest absolute Gasteiger partial charge is 0.380 e. The molecule has 3 saturated heterocycles. The Morgan fingerprint density at radius 3 is 2.68 bits per heavy atom. The first-order chi connectivity index (χ1) is 13.5. The van der Waals surface area contributed by atoms with Crippen molar-refractivity contribution in [1.29, 1.82) is 0 Å². The number of rotatable bonds is 5. The van der Waals surface area contributed by atoms with Gasteiger partial charge >= 0.3 is 6.03 Å². The number of carbonyl (C=O) groups excluding carboxylic acids is 2. The van der Waals surface area contributed by atoms with E-state index >= 15 is 0 Å².